The summed E-state index contributed by atoms with van der Waals surface area (Å²) in [7, 11) is 1.57. The van der Waals surface area contributed by atoms with Gasteiger partial charge in [-0.25, -0.2) is 9.69 Å². The molecule has 2 aliphatic heterocycles. The Morgan fingerprint density at radius 2 is 1.76 bits per heavy atom. The topological polar surface area (TPSA) is 94.7 Å². The fourth-order valence-corrected chi connectivity index (χ4v) is 5.66. The van der Waals surface area contributed by atoms with Crippen LogP contribution in [-0.2, 0) is 16.0 Å². The van der Waals surface area contributed by atoms with Crippen LogP contribution in [0.1, 0.15) is 38.8 Å². The molecule has 8 heteroatoms. The van der Waals surface area contributed by atoms with Gasteiger partial charge in [-0.2, -0.15) is 0 Å². The number of aromatic amines is 1. The molecule has 2 unspecified atom stereocenters. The molecule has 4 aromatic rings. The Labute approximate surface area is 220 Å². The van der Waals surface area contributed by atoms with Gasteiger partial charge in [-0.3, -0.25) is 14.5 Å². The van der Waals surface area contributed by atoms with Gasteiger partial charge in [0, 0.05) is 42.2 Å². The zero-order valence-corrected chi connectivity index (χ0v) is 21.2. The number of aromatic nitrogens is 1. The molecule has 0 aliphatic carbocycles. The molecule has 1 saturated heterocycles. The van der Waals surface area contributed by atoms with Crippen LogP contribution in [-0.4, -0.2) is 54.0 Å². The number of amides is 4. The second kappa shape index (κ2) is 9.46. The lowest BCUT2D eigenvalue weighted by Crippen LogP contribution is -2.44. The van der Waals surface area contributed by atoms with Crippen molar-refractivity contribution >= 4 is 34.4 Å². The van der Waals surface area contributed by atoms with E-state index in [9.17, 15) is 14.4 Å². The van der Waals surface area contributed by atoms with E-state index in [1.807, 2.05) is 49.4 Å². The maximum Gasteiger partial charge on any atom is 0.332 e. The van der Waals surface area contributed by atoms with Crippen LogP contribution in [0.25, 0.3) is 10.9 Å². The van der Waals surface area contributed by atoms with Crippen LogP contribution < -0.4 is 10.2 Å². The number of anilines is 1. The largest absolute Gasteiger partial charge is 0.383 e. The Morgan fingerprint density at radius 3 is 2.53 bits per heavy atom. The second-order valence-corrected chi connectivity index (χ2v) is 9.70. The van der Waals surface area contributed by atoms with E-state index in [0.29, 0.717) is 30.8 Å². The molecule has 6 rings (SSSR count). The summed E-state index contributed by atoms with van der Waals surface area (Å²) < 4.78 is 4.97. The van der Waals surface area contributed by atoms with E-state index < -0.39 is 12.1 Å². The number of nitrogens with zero attached hydrogens (tertiary/aromatic N) is 2. The van der Waals surface area contributed by atoms with E-state index in [1.54, 1.807) is 36.3 Å². The summed E-state index contributed by atoms with van der Waals surface area (Å²) >= 11 is 0. The van der Waals surface area contributed by atoms with Gasteiger partial charge in [0.2, 0.25) is 0 Å². The van der Waals surface area contributed by atoms with Gasteiger partial charge in [-0.05, 0) is 53.9 Å². The molecule has 0 bridgehead atoms. The number of rotatable bonds is 6. The van der Waals surface area contributed by atoms with Crippen LogP contribution in [0, 0.1) is 6.92 Å². The summed E-state index contributed by atoms with van der Waals surface area (Å²) in [5, 5.41) is 3.85. The Morgan fingerprint density at radius 1 is 1.03 bits per heavy atom. The molecule has 0 spiro atoms. The molecule has 2 N–H and O–H groups in total. The fraction of sp³-hybridized carbons (Fsp3) is 0.233. The standard InChI is InChI=1S/C30H28N4O4/c1-18-7-3-4-8-21(18)27-26-23(22-9-5-6-10-24(22)32-26)17-25-29(36)33(30(37)34(25)27)20-13-11-19(12-14-20)28(35)31-15-16-38-2/h3-14,25,27,32H,15-17H2,1-2H3,(H,31,35). The van der Waals surface area contributed by atoms with Crippen LogP contribution in [0.15, 0.2) is 72.8 Å². The number of hydrogen-bond acceptors (Lipinski definition) is 4. The Bertz CT molecular complexity index is 1560. The van der Waals surface area contributed by atoms with Crippen molar-refractivity contribution in [1.29, 1.82) is 0 Å². The molecular formula is C30H28N4O4. The molecule has 0 radical (unpaired) electrons. The molecule has 38 heavy (non-hydrogen) atoms. The van der Waals surface area contributed by atoms with E-state index in [-0.39, 0.29) is 17.8 Å². The maximum absolute atomic E-state index is 14.0. The number of nitrogens with one attached hydrogen (secondary N) is 2. The first-order chi connectivity index (χ1) is 18.5. The molecule has 4 amide bonds. The predicted octanol–water partition coefficient (Wildman–Crippen LogP) is 4.34. The van der Waals surface area contributed by atoms with E-state index in [0.717, 1.165) is 33.3 Å². The van der Waals surface area contributed by atoms with Crippen molar-refractivity contribution in [3.8, 4) is 0 Å². The summed E-state index contributed by atoms with van der Waals surface area (Å²) in [6, 6.07) is 21.2. The number of carbonyl (C=O) groups excluding carboxylic acids is 3. The number of hydrogen-bond donors (Lipinski definition) is 2. The van der Waals surface area contributed by atoms with Gasteiger partial charge in [-0.1, -0.05) is 42.5 Å². The highest BCUT2D eigenvalue weighted by molar-refractivity contribution is 6.22. The van der Waals surface area contributed by atoms with Crippen LogP contribution in [0.3, 0.4) is 0 Å². The van der Waals surface area contributed by atoms with Crippen molar-refractivity contribution in [2.75, 3.05) is 25.2 Å². The van der Waals surface area contributed by atoms with Crippen molar-refractivity contribution in [3.63, 3.8) is 0 Å². The Balaban J connectivity index is 1.39. The lowest BCUT2D eigenvalue weighted by molar-refractivity contribution is -0.120. The summed E-state index contributed by atoms with van der Waals surface area (Å²) in [5.41, 5.74) is 5.93. The number of ether oxygens (including phenoxy) is 1. The molecule has 8 nitrogen and oxygen atoms in total. The minimum Gasteiger partial charge on any atom is -0.383 e. The van der Waals surface area contributed by atoms with Gasteiger partial charge >= 0.3 is 6.03 Å². The van der Waals surface area contributed by atoms with Gasteiger partial charge in [0.25, 0.3) is 11.8 Å². The lowest BCUT2D eigenvalue weighted by atomic mass is 9.87. The molecule has 3 aromatic carbocycles. The normalized spacial score (nSPS) is 18.6. The average Bonchev–Trinajstić information content (AvgIpc) is 3.42. The molecule has 1 fully saturated rings. The van der Waals surface area contributed by atoms with Gasteiger partial charge in [-0.15, -0.1) is 0 Å². The third kappa shape index (κ3) is 3.76. The van der Waals surface area contributed by atoms with Crippen molar-refractivity contribution in [2.45, 2.75) is 25.4 Å². The quantitative estimate of drug-likeness (QED) is 0.299. The van der Waals surface area contributed by atoms with E-state index in [2.05, 4.69) is 16.4 Å². The first-order valence-electron chi connectivity index (χ1n) is 12.7. The molecular weight excluding hydrogens is 480 g/mol. The maximum atomic E-state index is 14.0. The lowest BCUT2D eigenvalue weighted by Gasteiger charge is -2.36. The van der Waals surface area contributed by atoms with Crippen molar-refractivity contribution < 1.29 is 19.1 Å². The number of H-pyrrole nitrogens is 1. The number of carbonyl (C=O) groups is 3. The minimum absolute atomic E-state index is 0.241. The van der Waals surface area contributed by atoms with Crippen molar-refractivity contribution in [2.24, 2.45) is 0 Å². The minimum atomic E-state index is -0.629. The summed E-state index contributed by atoms with van der Waals surface area (Å²) in [6.45, 7) is 2.83. The molecule has 3 heterocycles. The number of urea groups is 1. The highest BCUT2D eigenvalue weighted by atomic mass is 16.5. The van der Waals surface area contributed by atoms with E-state index in [1.165, 1.54) is 4.90 Å². The monoisotopic (exact) mass is 508 g/mol. The summed E-state index contributed by atoms with van der Waals surface area (Å²) in [6.07, 6.45) is 0.433. The fourth-order valence-electron chi connectivity index (χ4n) is 5.66. The predicted molar refractivity (Wildman–Crippen MR) is 144 cm³/mol. The highest BCUT2D eigenvalue weighted by Gasteiger charge is 2.53. The Hall–Kier alpha value is -4.43. The van der Waals surface area contributed by atoms with Crippen LogP contribution in [0.2, 0.25) is 0 Å². The zero-order chi connectivity index (χ0) is 26.4. The molecule has 2 aliphatic rings. The van der Waals surface area contributed by atoms with E-state index in [4.69, 9.17) is 4.74 Å². The van der Waals surface area contributed by atoms with Gasteiger partial charge < -0.3 is 15.0 Å². The number of benzene rings is 3. The van der Waals surface area contributed by atoms with Gasteiger partial charge in [0.1, 0.15) is 12.1 Å². The zero-order valence-electron chi connectivity index (χ0n) is 21.2. The summed E-state index contributed by atoms with van der Waals surface area (Å²) in [5.74, 6) is -0.503. The first kappa shape index (κ1) is 23.9. The van der Waals surface area contributed by atoms with Crippen molar-refractivity contribution in [3.05, 3.63) is 101 Å². The Kier molecular flexibility index (Phi) is 5.96. The van der Waals surface area contributed by atoms with Crippen LogP contribution in [0.4, 0.5) is 10.5 Å². The third-order valence-corrected chi connectivity index (χ3v) is 7.51. The van der Waals surface area contributed by atoms with Crippen LogP contribution in [0.5, 0.6) is 0 Å². The molecule has 192 valence electrons. The smallest absolute Gasteiger partial charge is 0.332 e. The number of para-hydroxylation sites is 1. The van der Waals surface area contributed by atoms with Gasteiger partial charge in [0.15, 0.2) is 0 Å². The number of aryl methyl sites for hydroxylation is 1. The van der Waals surface area contributed by atoms with Crippen molar-refractivity contribution in [1.82, 2.24) is 15.2 Å². The highest BCUT2D eigenvalue weighted by Crippen LogP contribution is 2.45. The molecule has 2 atom stereocenters. The number of imide groups is 1. The average molecular weight is 509 g/mol. The summed E-state index contributed by atoms with van der Waals surface area (Å²) in [4.78, 5) is 46.7. The van der Waals surface area contributed by atoms with E-state index >= 15 is 0 Å². The second-order valence-electron chi connectivity index (χ2n) is 9.70. The number of methoxy groups -OCH3 is 1. The first-order valence-corrected chi connectivity index (χ1v) is 12.7. The molecule has 1 aromatic heterocycles. The van der Waals surface area contributed by atoms with Crippen LogP contribution >= 0.6 is 0 Å². The third-order valence-electron chi connectivity index (χ3n) is 7.51. The molecule has 0 saturated carbocycles. The van der Waals surface area contributed by atoms with Gasteiger partial charge in [0.05, 0.1) is 12.3 Å². The SMILES string of the molecule is COCCNC(=O)c1ccc(N2C(=O)C3Cc4c([nH]c5ccccc45)C(c4ccccc4C)N3C2=O)cc1. The number of fused-ring (bicyclic) bond motifs is 4.